The quantitative estimate of drug-likeness (QED) is 0.512. The molecule has 1 aromatic carbocycles. The Morgan fingerprint density at radius 3 is 2.59 bits per heavy atom. The third kappa shape index (κ3) is 4.62. The number of aliphatic hydroxyl groups is 1. The zero-order valence-corrected chi connectivity index (χ0v) is 20.6. The Labute approximate surface area is 204 Å². The van der Waals surface area contributed by atoms with Gasteiger partial charge in [-0.1, -0.05) is 35.9 Å². The van der Waals surface area contributed by atoms with Crippen molar-refractivity contribution in [1.82, 2.24) is 4.98 Å². The van der Waals surface area contributed by atoms with Crippen LogP contribution in [-0.4, -0.2) is 16.2 Å². The highest BCUT2D eigenvalue weighted by atomic mass is 16.3. The third-order valence-electron chi connectivity index (χ3n) is 8.48. The maximum atomic E-state index is 10.2. The molecule has 4 atom stereocenters. The van der Waals surface area contributed by atoms with E-state index < -0.39 is 0 Å². The van der Waals surface area contributed by atoms with Crippen molar-refractivity contribution in [2.24, 2.45) is 17.8 Å². The standard InChI is InChI=1S/C31H36N2O/c1-20(16-25-12-13-28-27(25)14-15-30(28)34)17-29-21(2)18-26(19-32)31(33-29)24-10-8-23(9-11-24)22-6-4-3-5-7-22/h6,8-11,17-18,25,27-28,30,34H,3-5,7,12-16H2,1-2H3/b20-17+. The Morgan fingerprint density at radius 2 is 1.85 bits per heavy atom. The fourth-order valence-electron chi connectivity index (χ4n) is 6.67. The molecule has 2 aromatic rings. The van der Waals surface area contributed by atoms with Gasteiger partial charge in [-0.2, -0.15) is 5.26 Å². The summed E-state index contributed by atoms with van der Waals surface area (Å²) in [6, 6.07) is 13.0. The first kappa shape index (κ1) is 23.1. The van der Waals surface area contributed by atoms with Crippen LogP contribution in [0.1, 0.15) is 87.1 Å². The second-order valence-electron chi connectivity index (χ2n) is 10.8. The predicted octanol–water partition coefficient (Wildman–Crippen LogP) is 7.48. The SMILES string of the molecule is C/C(=C\c1nc(-c2ccc(C3=CCCCC3)cc2)c(C#N)cc1C)CC1CCC2C(O)CCC12. The molecule has 3 aliphatic carbocycles. The predicted molar refractivity (Wildman–Crippen MR) is 139 cm³/mol. The minimum absolute atomic E-state index is 0.0786. The molecule has 0 radical (unpaired) electrons. The van der Waals surface area contributed by atoms with Gasteiger partial charge in [0.2, 0.25) is 0 Å². The Hall–Kier alpha value is -2.70. The van der Waals surface area contributed by atoms with Gasteiger partial charge >= 0.3 is 0 Å². The highest BCUT2D eigenvalue weighted by molar-refractivity contribution is 5.73. The maximum absolute atomic E-state index is 10.2. The van der Waals surface area contributed by atoms with Crippen LogP contribution in [0.3, 0.4) is 0 Å². The molecular formula is C31H36N2O. The minimum atomic E-state index is -0.0786. The number of nitriles is 1. The van der Waals surface area contributed by atoms with E-state index in [1.807, 2.05) is 13.0 Å². The van der Waals surface area contributed by atoms with E-state index in [1.165, 1.54) is 55.2 Å². The van der Waals surface area contributed by atoms with Crippen molar-refractivity contribution in [1.29, 1.82) is 5.26 Å². The molecule has 5 rings (SSSR count). The van der Waals surface area contributed by atoms with Gasteiger partial charge in [0.15, 0.2) is 0 Å². The van der Waals surface area contributed by atoms with Gasteiger partial charge in [0.05, 0.1) is 23.1 Å². The number of aryl methyl sites for hydroxylation is 1. The second-order valence-corrected chi connectivity index (χ2v) is 10.8. The van der Waals surface area contributed by atoms with Crippen molar-refractivity contribution in [3.05, 3.63) is 64.4 Å². The van der Waals surface area contributed by atoms with E-state index in [-0.39, 0.29) is 6.10 Å². The average molecular weight is 453 g/mol. The first-order chi connectivity index (χ1) is 16.5. The van der Waals surface area contributed by atoms with Crippen LogP contribution in [0.15, 0.2) is 42.0 Å². The van der Waals surface area contributed by atoms with Crippen molar-refractivity contribution in [3.63, 3.8) is 0 Å². The van der Waals surface area contributed by atoms with E-state index in [1.54, 1.807) is 0 Å². The normalized spacial score (nSPS) is 26.8. The lowest BCUT2D eigenvalue weighted by molar-refractivity contribution is 0.124. The molecule has 1 aromatic heterocycles. The number of hydrogen-bond donors (Lipinski definition) is 1. The van der Waals surface area contributed by atoms with Crippen LogP contribution in [0.25, 0.3) is 22.9 Å². The summed E-state index contributed by atoms with van der Waals surface area (Å²) in [4.78, 5) is 5.00. The van der Waals surface area contributed by atoms with Crippen molar-refractivity contribution in [3.8, 4) is 17.3 Å². The number of pyridine rings is 1. The molecule has 1 heterocycles. The third-order valence-corrected chi connectivity index (χ3v) is 8.48. The number of allylic oxidation sites excluding steroid dienone is 3. The van der Waals surface area contributed by atoms with Crippen LogP contribution in [0.5, 0.6) is 0 Å². The Kier molecular flexibility index (Phi) is 6.70. The molecule has 34 heavy (non-hydrogen) atoms. The average Bonchev–Trinajstić information content (AvgIpc) is 3.43. The monoisotopic (exact) mass is 452 g/mol. The fraction of sp³-hybridized carbons (Fsp3) is 0.484. The molecule has 176 valence electrons. The van der Waals surface area contributed by atoms with Crippen LogP contribution < -0.4 is 0 Å². The summed E-state index contributed by atoms with van der Waals surface area (Å²) in [6.07, 6.45) is 15.0. The summed E-state index contributed by atoms with van der Waals surface area (Å²) in [6.45, 7) is 4.26. The lowest BCUT2D eigenvalue weighted by Gasteiger charge is -2.19. The van der Waals surface area contributed by atoms with Crippen LogP contribution in [0, 0.1) is 36.0 Å². The van der Waals surface area contributed by atoms with Crippen molar-refractivity contribution in [2.75, 3.05) is 0 Å². The Bertz CT molecular complexity index is 1150. The summed E-state index contributed by atoms with van der Waals surface area (Å²) in [5.74, 6) is 1.88. The number of rotatable bonds is 5. The fourth-order valence-corrected chi connectivity index (χ4v) is 6.67. The Balaban J connectivity index is 1.39. The topological polar surface area (TPSA) is 56.9 Å². The second kappa shape index (κ2) is 9.88. The lowest BCUT2D eigenvalue weighted by atomic mass is 9.87. The molecule has 2 fully saturated rings. The summed E-state index contributed by atoms with van der Waals surface area (Å²) in [7, 11) is 0. The molecule has 0 aliphatic heterocycles. The number of benzene rings is 1. The largest absolute Gasteiger partial charge is 0.393 e. The molecule has 1 N–H and O–H groups in total. The van der Waals surface area contributed by atoms with Gasteiger partial charge in [-0.25, -0.2) is 4.98 Å². The van der Waals surface area contributed by atoms with Gasteiger partial charge in [0, 0.05) is 5.56 Å². The van der Waals surface area contributed by atoms with Crippen molar-refractivity contribution >= 4 is 11.6 Å². The van der Waals surface area contributed by atoms with Crippen LogP contribution in [-0.2, 0) is 0 Å². The Morgan fingerprint density at radius 1 is 1.09 bits per heavy atom. The molecule has 2 saturated carbocycles. The van der Waals surface area contributed by atoms with Gasteiger partial charge in [-0.15, -0.1) is 0 Å². The first-order valence-corrected chi connectivity index (χ1v) is 13.1. The summed E-state index contributed by atoms with van der Waals surface area (Å²) in [5.41, 5.74) is 8.50. The van der Waals surface area contributed by atoms with Gasteiger partial charge < -0.3 is 5.11 Å². The van der Waals surface area contributed by atoms with Crippen LogP contribution >= 0.6 is 0 Å². The zero-order valence-electron chi connectivity index (χ0n) is 20.6. The number of nitrogens with zero attached hydrogens (tertiary/aromatic N) is 2. The van der Waals surface area contributed by atoms with E-state index in [9.17, 15) is 10.4 Å². The summed E-state index contributed by atoms with van der Waals surface area (Å²) >= 11 is 0. The van der Waals surface area contributed by atoms with Crippen molar-refractivity contribution in [2.45, 2.75) is 77.7 Å². The number of hydrogen-bond acceptors (Lipinski definition) is 3. The number of aromatic nitrogens is 1. The molecule has 0 spiro atoms. The molecule has 3 heteroatoms. The lowest BCUT2D eigenvalue weighted by Crippen LogP contribution is -2.16. The summed E-state index contributed by atoms with van der Waals surface area (Å²) < 4.78 is 0. The molecule has 0 amide bonds. The highest BCUT2D eigenvalue weighted by Gasteiger charge is 2.43. The molecule has 4 unspecified atom stereocenters. The highest BCUT2D eigenvalue weighted by Crippen LogP contribution is 2.49. The molecule has 0 bridgehead atoms. The van der Waals surface area contributed by atoms with Crippen molar-refractivity contribution < 1.29 is 5.11 Å². The maximum Gasteiger partial charge on any atom is 0.101 e. The minimum Gasteiger partial charge on any atom is -0.393 e. The number of fused-ring (bicyclic) bond motifs is 1. The summed E-state index contributed by atoms with van der Waals surface area (Å²) in [5, 5.41) is 20.0. The molecule has 0 saturated heterocycles. The van der Waals surface area contributed by atoms with E-state index in [0.717, 1.165) is 41.8 Å². The van der Waals surface area contributed by atoms with Gasteiger partial charge in [-0.05, 0) is 118 Å². The smallest absolute Gasteiger partial charge is 0.101 e. The van der Waals surface area contributed by atoms with Gasteiger partial charge in [0.1, 0.15) is 6.07 Å². The van der Waals surface area contributed by atoms with E-state index in [4.69, 9.17) is 4.98 Å². The molecule has 3 nitrogen and oxygen atoms in total. The zero-order chi connectivity index (χ0) is 23.7. The first-order valence-electron chi connectivity index (χ1n) is 13.1. The van der Waals surface area contributed by atoms with Crippen LogP contribution in [0.2, 0.25) is 0 Å². The van der Waals surface area contributed by atoms with Gasteiger partial charge in [0.25, 0.3) is 0 Å². The van der Waals surface area contributed by atoms with E-state index >= 15 is 0 Å². The molecule has 3 aliphatic rings. The number of aliphatic hydroxyl groups excluding tert-OH is 1. The van der Waals surface area contributed by atoms with E-state index in [0.29, 0.717) is 23.3 Å². The van der Waals surface area contributed by atoms with Crippen LogP contribution in [0.4, 0.5) is 0 Å². The van der Waals surface area contributed by atoms with E-state index in [2.05, 4.69) is 49.4 Å². The molecular weight excluding hydrogens is 416 g/mol. The van der Waals surface area contributed by atoms with Gasteiger partial charge in [-0.3, -0.25) is 0 Å².